The maximum atomic E-state index is 11.8. The number of benzene rings is 1. The minimum absolute atomic E-state index is 0.0991. The SMILES string of the molecule is Cc1nc(CNC(=O)N[C@H](CO)Cc2ccccc2)cs1. The molecular formula is C15H19N3O2S. The molecule has 0 saturated heterocycles. The first-order valence-corrected chi connectivity index (χ1v) is 7.65. The molecule has 0 bridgehead atoms. The van der Waals surface area contributed by atoms with Crippen molar-refractivity contribution in [3.05, 3.63) is 52.0 Å². The van der Waals surface area contributed by atoms with E-state index in [9.17, 15) is 9.90 Å². The number of aryl methyl sites for hydroxylation is 1. The number of aliphatic hydroxyl groups is 1. The molecule has 0 radical (unpaired) electrons. The van der Waals surface area contributed by atoms with E-state index in [2.05, 4.69) is 15.6 Å². The van der Waals surface area contributed by atoms with Crippen LogP contribution in [-0.2, 0) is 13.0 Å². The zero-order valence-corrected chi connectivity index (χ0v) is 12.7. The van der Waals surface area contributed by atoms with Gasteiger partial charge >= 0.3 is 6.03 Å². The number of rotatable bonds is 6. The Morgan fingerprint density at radius 1 is 1.38 bits per heavy atom. The summed E-state index contributed by atoms with van der Waals surface area (Å²) < 4.78 is 0. The molecule has 0 spiro atoms. The topological polar surface area (TPSA) is 74.2 Å². The standard InChI is InChI=1S/C15H19N3O2S/c1-11-17-14(10-21-11)8-16-15(20)18-13(9-19)7-12-5-3-2-4-6-12/h2-6,10,13,19H,7-9H2,1H3,(H2,16,18,20)/t13-/m0/s1. The van der Waals surface area contributed by atoms with Crippen LogP contribution in [0.3, 0.4) is 0 Å². The Kier molecular flexibility index (Phi) is 5.71. The summed E-state index contributed by atoms with van der Waals surface area (Å²) in [7, 11) is 0. The highest BCUT2D eigenvalue weighted by Gasteiger charge is 2.12. The zero-order valence-electron chi connectivity index (χ0n) is 11.9. The first-order valence-electron chi connectivity index (χ1n) is 6.77. The highest BCUT2D eigenvalue weighted by Crippen LogP contribution is 2.07. The van der Waals surface area contributed by atoms with Gasteiger partial charge in [0, 0.05) is 5.38 Å². The van der Waals surface area contributed by atoms with Gasteiger partial charge in [-0.3, -0.25) is 0 Å². The summed E-state index contributed by atoms with van der Waals surface area (Å²) in [5, 5.41) is 17.8. The molecule has 1 heterocycles. The summed E-state index contributed by atoms with van der Waals surface area (Å²) in [5.74, 6) is 0. The lowest BCUT2D eigenvalue weighted by atomic mass is 10.1. The maximum Gasteiger partial charge on any atom is 0.315 e. The molecule has 0 saturated carbocycles. The third-order valence-corrected chi connectivity index (χ3v) is 3.80. The van der Waals surface area contributed by atoms with Crippen molar-refractivity contribution in [2.24, 2.45) is 0 Å². The molecule has 0 aliphatic heterocycles. The van der Waals surface area contributed by atoms with Gasteiger partial charge in [-0.05, 0) is 18.9 Å². The van der Waals surface area contributed by atoms with Crippen LogP contribution in [0.4, 0.5) is 4.79 Å². The number of hydrogen-bond donors (Lipinski definition) is 3. The van der Waals surface area contributed by atoms with E-state index >= 15 is 0 Å². The van der Waals surface area contributed by atoms with Crippen LogP contribution in [0, 0.1) is 6.92 Å². The van der Waals surface area contributed by atoms with Gasteiger partial charge in [-0.15, -0.1) is 11.3 Å². The van der Waals surface area contributed by atoms with Crippen molar-refractivity contribution in [1.29, 1.82) is 0 Å². The Balaban J connectivity index is 1.79. The van der Waals surface area contributed by atoms with Gasteiger partial charge in [-0.1, -0.05) is 30.3 Å². The fraction of sp³-hybridized carbons (Fsp3) is 0.333. The van der Waals surface area contributed by atoms with Crippen molar-refractivity contribution in [3.63, 3.8) is 0 Å². The van der Waals surface area contributed by atoms with Crippen molar-refractivity contribution in [2.75, 3.05) is 6.61 Å². The largest absolute Gasteiger partial charge is 0.394 e. The highest BCUT2D eigenvalue weighted by molar-refractivity contribution is 7.09. The lowest BCUT2D eigenvalue weighted by Gasteiger charge is -2.16. The molecule has 0 unspecified atom stereocenters. The van der Waals surface area contributed by atoms with Crippen molar-refractivity contribution >= 4 is 17.4 Å². The predicted molar refractivity (Wildman–Crippen MR) is 83.2 cm³/mol. The third kappa shape index (κ3) is 5.17. The number of aromatic nitrogens is 1. The van der Waals surface area contributed by atoms with Gasteiger partial charge in [0.05, 0.1) is 29.9 Å². The van der Waals surface area contributed by atoms with E-state index in [4.69, 9.17) is 0 Å². The Hall–Kier alpha value is -1.92. The Bertz CT molecular complexity index is 571. The summed E-state index contributed by atoms with van der Waals surface area (Å²) in [6.07, 6.45) is 0.598. The van der Waals surface area contributed by atoms with Crippen LogP contribution in [0.25, 0.3) is 0 Å². The van der Waals surface area contributed by atoms with Gasteiger partial charge in [0.2, 0.25) is 0 Å². The molecule has 1 aromatic carbocycles. The number of amides is 2. The van der Waals surface area contributed by atoms with Crippen LogP contribution in [0.15, 0.2) is 35.7 Å². The number of hydrogen-bond acceptors (Lipinski definition) is 4. The molecule has 3 N–H and O–H groups in total. The van der Waals surface area contributed by atoms with Crippen LogP contribution >= 0.6 is 11.3 Å². The van der Waals surface area contributed by atoms with E-state index < -0.39 is 0 Å². The quantitative estimate of drug-likeness (QED) is 0.762. The Labute approximate surface area is 128 Å². The van der Waals surface area contributed by atoms with E-state index in [1.165, 1.54) is 0 Å². The molecule has 2 aromatic rings. The predicted octanol–water partition coefficient (Wildman–Crippen LogP) is 1.85. The minimum atomic E-state index is -0.301. The van der Waals surface area contributed by atoms with Crippen LogP contribution in [-0.4, -0.2) is 28.8 Å². The first kappa shape index (κ1) is 15.5. The fourth-order valence-electron chi connectivity index (χ4n) is 1.96. The van der Waals surface area contributed by atoms with E-state index in [1.54, 1.807) is 11.3 Å². The maximum absolute atomic E-state index is 11.8. The summed E-state index contributed by atoms with van der Waals surface area (Å²) in [6.45, 7) is 2.22. The summed E-state index contributed by atoms with van der Waals surface area (Å²) in [4.78, 5) is 16.1. The molecule has 21 heavy (non-hydrogen) atoms. The normalized spacial score (nSPS) is 11.9. The van der Waals surface area contributed by atoms with Gasteiger partial charge in [0.15, 0.2) is 0 Å². The third-order valence-electron chi connectivity index (χ3n) is 2.98. The van der Waals surface area contributed by atoms with Crippen molar-refractivity contribution in [3.8, 4) is 0 Å². The number of carbonyl (C=O) groups excluding carboxylic acids is 1. The van der Waals surface area contributed by atoms with Crippen LogP contribution in [0.2, 0.25) is 0 Å². The van der Waals surface area contributed by atoms with Crippen molar-refractivity contribution in [1.82, 2.24) is 15.6 Å². The number of nitrogens with one attached hydrogen (secondary N) is 2. The molecule has 0 aliphatic carbocycles. The number of aliphatic hydroxyl groups excluding tert-OH is 1. The van der Waals surface area contributed by atoms with Gasteiger partial charge in [-0.25, -0.2) is 9.78 Å². The Morgan fingerprint density at radius 2 is 2.14 bits per heavy atom. The second kappa shape index (κ2) is 7.75. The van der Waals surface area contributed by atoms with Gasteiger partial charge in [0.25, 0.3) is 0 Å². The molecule has 1 aromatic heterocycles. The van der Waals surface area contributed by atoms with E-state index in [-0.39, 0.29) is 18.7 Å². The van der Waals surface area contributed by atoms with Crippen molar-refractivity contribution < 1.29 is 9.90 Å². The number of carbonyl (C=O) groups is 1. The molecule has 2 rings (SSSR count). The molecule has 0 fully saturated rings. The fourth-order valence-corrected chi connectivity index (χ4v) is 2.57. The molecule has 112 valence electrons. The first-order chi connectivity index (χ1) is 10.2. The molecule has 0 aliphatic rings. The molecule has 2 amide bonds. The monoisotopic (exact) mass is 305 g/mol. The second-order valence-corrected chi connectivity index (χ2v) is 5.82. The van der Waals surface area contributed by atoms with E-state index in [1.807, 2.05) is 42.6 Å². The summed E-state index contributed by atoms with van der Waals surface area (Å²) >= 11 is 1.55. The smallest absolute Gasteiger partial charge is 0.315 e. The van der Waals surface area contributed by atoms with Gasteiger partial charge in [0.1, 0.15) is 0 Å². The average Bonchev–Trinajstić information content (AvgIpc) is 2.91. The lowest BCUT2D eigenvalue weighted by molar-refractivity contribution is 0.215. The molecule has 6 heteroatoms. The van der Waals surface area contributed by atoms with E-state index in [0.717, 1.165) is 16.3 Å². The zero-order chi connectivity index (χ0) is 15.1. The van der Waals surface area contributed by atoms with Gasteiger partial charge in [-0.2, -0.15) is 0 Å². The summed E-state index contributed by atoms with van der Waals surface area (Å²) in [6, 6.07) is 9.16. The lowest BCUT2D eigenvalue weighted by Crippen LogP contribution is -2.44. The van der Waals surface area contributed by atoms with Crippen LogP contribution < -0.4 is 10.6 Å². The number of urea groups is 1. The molecular weight excluding hydrogens is 286 g/mol. The van der Waals surface area contributed by atoms with Gasteiger partial charge < -0.3 is 15.7 Å². The number of nitrogens with zero attached hydrogens (tertiary/aromatic N) is 1. The molecule has 1 atom stereocenters. The highest BCUT2D eigenvalue weighted by atomic mass is 32.1. The second-order valence-electron chi connectivity index (χ2n) is 4.75. The molecule has 5 nitrogen and oxygen atoms in total. The van der Waals surface area contributed by atoms with Crippen LogP contribution in [0.5, 0.6) is 0 Å². The Morgan fingerprint density at radius 3 is 2.76 bits per heavy atom. The van der Waals surface area contributed by atoms with Crippen molar-refractivity contribution in [2.45, 2.75) is 25.9 Å². The summed E-state index contributed by atoms with van der Waals surface area (Å²) in [5.41, 5.74) is 1.92. The van der Waals surface area contributed by atoms with Crippen LogP contribution in [0.1, 0.15) is 16.3 Å². The minimum Gasteiger partial charge on any atom is -0.394 e. The number of thiazole rings is 1. The average molecular weight is 305 g/mol. The van der Waals surface area contributed by atoms with E-state index in [0.29, 0.717) is 13.0 Å².